The number of benzene rings is 11. The topological polar surface area (TPSA) is 56.7 Å². The highest BCUT2D eigenvalue weighted by Crippen LogP contribution is 2.46. The molecule has 296 valence electrons. The highest BCUT2D eigenvalue weighted by Gasteiger charge is 2.25. The lowest BCUT2D eigenvalue weighted by Crippen LogP contribution is -2.02. The van der Waals surface area contributed by atoms with Crippen LogP contribution in [0.5, 0.6) is 0 Å². The maximum absolute atomic E-state index is 7.31. The van der Waals surface area contributed by atoms with Gasteiger partial charge in [0.05, 0.1) is 16.7 Å². The summed E-state index contributed by atoms with van der Waals surface area (Å²) in [6.45, 7) is 0. The van der Waals surface area contributed by atoms with Crippen molar-refractivity contribution < 1.29 is 4.42 Å². The van der Waals surface area contributed by atoms with Gasteiger partial charge in [-0.3, -0.25) is 0 Å². The second-order valence-corrected chi connectivity index (χ2v) is 16.7. The molecule has 0 atom stereocenters. The average Bonchev–Trinajstić information content (AvgIpc) is 3.91. The first-order valence-electron chi connectivity index (χ1n) is 21.7. The molecule has 64 heavy (non-hydrogen) atoms. The Balaban J connectivity index is 1.12. The standard InChI is InChI=1S/C59H34N4O/c1-2-18-40-34-52-49(33-39(40)17-1)53-43-23-9-5-15-37(43)28-31-50(53)63(52)51-32-30-48(54-47-29-27-38-16-6-10-24-44(38)55(47)64-56(51)54)59-61-57(45-25-11-19-35-13-3-7-21-41(35)45)60-58(62-59)46-26-12-20-36-14-4-8-22-42(36)46/h1-34H. The third kappa shape index (κ3) is 5.09. The van der Waals surface area contributed by atoms with Crippen LogP contribution in [0.15, 0.2) is 211 Å². The molecule has 5 heteroatoms. The molecule has 3 aromatic heterocycles. The van der Waals surface area contributed by atoms with Crippen LogP contribution in [-0.4, -0.2) is 19.5 Å². The summed E-state index contributed by atoms with van der Waals surface area (Å²) in [5.41, 5.74) is 7.53. The van der Waals surface area contributed by atoms with Gasteiger partial charge in [0.2, 0.25) is 0 Å². The van der Waals surface area contributed by atoms with Gasteiger partial charge in [0, 0.05) is 43.6 Å². The molecule has 0 saturated heterocycles. The molecule has 0 spiro atoms. The Bertz CT molecular complexity index is 4170. The van der Waals surface area contributed by atoms with Crippen LogP contribution in [0, 0.1) is 0 Å². The number of rotatable bonds is 4. The van der Waals surface area contributed by atoms with Gasteiger partial charge in [-0.05, 0) is 84.9 Å². The van der Waals surface area contributed by atoms with Crippen LogP contribution >= 0.6 is 0 Å². The highest BCUT2D eigenvalue weighted by molar-refractivity contribution is 6.25. The number of nitrogens with zero attached hydrogens (tertiary/aromatic N) is 4. The summed E-state index contributed by atoms with van der Waals surface area (Å²) < 4.78 is 9.71. The van der Waals surface area contributed by atoms with Gasteiger partial charge >= 0.3 is 0 Å². The van der Waals surface area contributed by atoms with E-state index in [0.717, 1.165) is 87.7 Å². The monoisotopic (exact) mass is 814 g/mol. The molecule has 0 aliphatic rings. The first-order chi connectivity index (χ1) is 31.7. The fourth-order valence-corrected chi connectivity index (χ4v) is 10.3. The van der Waals surface area contributed by atoms with Crippen molar-refractivity contribution in [3.05, 3.63) is 206 Å². The van der Waals surface area contributed by atoms with Crippen LogP contribution in [0.25, 0.3) is 137 Å². The molecule has 3 heterocycles. The predicted molar refractivity (Wildman–Crippen MR) is 265 cm³/mol. The molecule has 11 aromatic carbocycles. The molecular formula is C59H34N4O. The maximum atomic E-state index is 7.31. The zero-order valence-corrected chi connectivity index (χ0v) is 34.3. The summed E-state index contributed by atoms with van der Waals surface area (Å²) in [4.78, 5) is 16.1. The summed E-state index contributed by atoms with van der Waals surface area (Å²) in [6, 6.07) is 73.2. The molecule has 0 aliphatic carbocycles. The molecule has 0 fully saturated rings. The van der Waals surface area contributed by atoms with Crippen molar-refractivity contribution in [2.24, 2.45) is 0 Å². The predicted octanol–water partition coefficient (Wildman–Crippen LogP) is 15.6. The zero-order valence-electron chi connectivity index (χ0n) is 34.3. The average molecular weight is 815 g/mol. The van der Waals surface area contributed by atoms with Crippen LogP contribution in [0.1, 0.15) is 0 Å². The Morgan fingerprint density at radius 2 is 0.797 bits per heavy atom. The summed E-state index contributed by atoms with van der Waals surface area (Å²) in [6.07, 6.45) is 0. The molecule has 14 rings (SSSR count). The molecule has 0 bridgehead atoms. The molecular weight excluding hydrogens is 781 g/mol. The highest BCUT2D eigenvalue weighted by atomic mass is 16.3. The summed E-state index contributed by atoms with van der Waals surface area (Å²) >= 11 is 0. The number of furan rings is 1. The molecule has 0 N–H and O–H groups in total. The lowest BCUT2D eigenvalue weighted by atomic mass is 10.0. The van der Waals surface area contributed by atoms with Crippen molar-refractivity contribution in [2.45, 2.75) is 0 Å². The van der Waals surface area contributed by atoms with Gasteiger partial charge in [-0.1, -0.05) is 170 Å². The fraction of sp³-hybridized carbons (Fsp3) is 0. The van der Waals surface area contributed by atoms with Gasteiger partial charge in [-0.25, -0.2) is 15.0 Å². The van der Waals surface area contributed by atoms with Gasteiger partial charge < -0.3 is 8.98 Å². The van der Waals surface area contributed by atoms with Gasteiger partial charge in [0.25, 0.3) is 0 Å². The van der Waals surface area contributed by atoms with Crippen LogP contribution < -0.4 is 0 Å². The molecule has 0 amide bonds. The lowest BCUT2D eigenvalue weighted by Gasteiger charge is -2.14. The van der Waals surface area contributed by atoms with Crippen LogP contribution in [0.4, 0.5) is 0 Å². The minimum atomic E-state index is 0.576. The van der Waals surface area contributed by atoms with E-state index < -0.39 is 0 Å². The summed E-state index contributed by atoms with van der Waals surface area (Å²) in [5.74, 6) is 1.80. The van der Waals surface area contributed by atoms with Gasteiger partial charge in [-0.2, -0.15) is 0 Å². The van der Waals surface area contributed by atoms with E-state index in [9.17, 15) is 0 Å². The third-order valence-electron chi connectivity index (χ3n) is 13.2. The van der Waals surface area contributed by atoms with Crippen LogP contribution in [-0.2, 0) is 0 Å². The molecule has 0 saturated carbocycles. The van der Waals surface area contributed by atoms with E-state index in [1.807, 2.05) is 0 Å². The number of fused-ring (bicyclic) bond motifs is 13. The fourth-order valence-electron chi connectivity index (χ4n) is 10.3. The first kappa shape index (κ1) is 35.0. The van der Waals surface area contributed by atoms with Crippen LogP contribution in [0.3, 0.4) is 0 Å². The largest absolute Gasteiger partial charge is 0.453 e. The Labute approximate surface area is 366 Å². The van der Waals surface area contributed by atoms with E-state index in [4.69, 9.17) is 19.4 Å². The van der Waals surface area contributed by atoms with E-state index in [0.29, 0.717) is 17.5 Å². The Kier molecular flexibility index (Phi) is 7.33. The second kappa shape index (κ2) is 13.4. The quantitative estimate of drug-likeness (QED) is 0.178. The number of hydrogen-bond acceptors (Lipinski definition) is 4. The summed E-state index contributed by atoms with van der Waals surface area (Å²) in [5, 5.41) is 15.8. The van der Waals surface area contributed by atoms with Crippen molar-refractivity contribution in [1.29, 1.82) is 0 Å². The van der Waals surface area contributed by atoms with E-state index in [2.05, 4.69) is 211 Å². The van der Waals surface area contributed by atoms with E-state index in [1.165, 1.54) is 32.3 Å². The lowest BCUT2D eigenvalue weighted by molar-refractivity contribution is 0.670. The van der Waals surface area contributed by atoms with Gasteiger partial charge in [0.1, 0.15) is 5.58 Å². The van der Waals surface area contributed by atoms with Gasteiger partial charge in [-0.15, -0.1) is 0 Å². The molecule has 5 nitrogen and oxygen atoms in total. The van der Waals surface area contributed by atoms with Crippen molar-refractivity contribution in [3.63, 3.8) is 0 Å². The molecule has 0 radical (unpaired) electrons. The van der Waals surface area contributed by atoms with Crippen molar-refractivity contribution >= 4 is 97.6 Å². The molecule has 14 aromatic rings. The van der Waals surface area contributed by atoms with E-state index in [-0.39, 0.29) is 0 Å². The number of hydrogen-bond donors (Lipinski definition) is 0. The van der Waals surface area contributed by atoms with E-state index in [1.54, 1.807) is 0 Å². The Morgan fingerprint density at radius 3 is 1.45 bits per heavy atom. The van der Waals surface area contributed by atoms with Crippen LogP contribution in [0.2, 0.25) is 0 Å². The van der Waals surface area contributed by atoms with Crippen molar-refractivity contribution in [3.8, 4) is 39.9 Å². The first-order valence-corrected chi connectivity index (χ1v) is 21.7. The Morgan fingerprint density at radius 1 is 0.297 bits per heavy atom. The smallest absolute Gasteiger partial charge is 0.164 e. The van der Waals surface area contributed by atoms with E-state index >= 15 is 0 Å². The SMILES string of the molecule is c1ccc2cc3c(cc2c1)c1c2ccccc2ccc1n3-c1ccc(-c2nc(-c3cccc4ccccc34)nc(-c3cccc4ccccc34)n2)c2c1oc1c3ccccc3ccc12. The van der Waals surface area contributed by atoms with Crippen molar-refractivity contribution in [1.82, 2.24) is 19.5 Å². The zero-order chi connectivity index (χ0) is 41.9. The molecule has 0 aliphatic heterocycles. The van der Waals surface area contributed by atoms with Crippen molar-refractivity contribution in [2.75, 3.05) is 0 Å². The Hall–Kier alpha value is -8.67. The minimum absolute atomic E-state index is 0.576. The third-order valence-corrected chi connectivity index (χ3v) is 13.2. The summed E-state index contributed by atoms with van der Waals surface area (Å²) in [7, 11) is 0. The maximum Gasteiger partial charge on any atom is 0.164 e. The van der Waals surface area contributed by atoms with Gasteiger partial charge in [0.15, 0.2) is 23.1 Å². The number of aromatic nitrogens is 4. The molecule has 0 unspecified atom stereocenters. The normalized spacial score (nSPS) is 12.1. The second-order valence-electron chi connectivity index (χ2n) is 16.7. The minimum Gasteiger partial charge on any atom is -0.453 e.